The van der Waals surface area contributed by atoms with E-state index in [-0.39, 0.29) is 5.78 Å². The Kier molecular flexibility index (Phi) is 3.73. The Morgan fingerprint density at radius 1 is 1.33 bits per heavy atom. The fourth-order valence-corrected chi connectivity index (χ4v) is 2.18. The first-order chi connectivity index (χ1) is 8.52. The van der Waals surface area contributed by atoms with Crippen LogP contribution in [0.5, 0.6) is 0 Å². The number of aromatic nitrogens is 2. The molecule has 0 aliphatic carbocycles. The van der Waals surface area contributed by atoms with Crippen LogP contribution in [-0.4, -0.2) is 15.6 Å². The van der Waals surface area contributed by atoms with Gasteiger partial charge in [-0.05, 0) is 24.6 Å². The normalized spacial score (nSPS) is 10.7. The molecule has 3 nitrogen and oxygen atoms in total. The molecule has 18 heavy (non-hydrogen) atoms. The predicted octanol–water partition coefficient (Wildman–Crippen LogP) is 3.52. The number of benzene rings is 1. The maximum absolute atomic E-state index is 12.4. The summed E-state index contributed by atoms with van der Waals surface area (Å²) in [6.45, 7) is 1.96. The van der Waals surface area contributed by atoms with Gasteiger partial charge in [0.15, 0.2) is 5.78 Å². The highest BCUT2D eigenvalue weighted by Gasteiger charge is 2.18. The van der Waals surface area contributed by atoms with Crippen LogP contribution in [0.4, 0.5) is 0 Å². The molecule has 0 bridgehead atoms. The fraction of sp³-hybridized carbons (Fsp3) is 0.231. The Labute approximate surface area is 115 Å². The highest BCUT2D eigenvalue weighted by molar-refractivity contribution is 6.36. The van der Waals surface area contributed by atoms with Crippen LogP contribution < -0.4 is 0 Å². The van der Waals surface area contributed by atoms with Gasteiger partial charge in [0.2, 0.25) is 0 Å². The highest BCUT2D eigenvalue weighted by Crippen LogP contribution is 2.24. The first-order valence-electron chi connectivity index (χ1n) is 5.55. The summed E-state index contributed by atoms with van der Waals surface area (Å²) < 4.78 is 1.63. The second-order valence-corrected chi connectivity index (χ2v) is 4.81. The molecule has 0 saturated heterocycles. The Morgan fingerprint density at radius 3 is 2.72 bits per heavy atom. The summed E-state index contributed by atoms with van der Waals surface area (Å²) in [6, 6.07) is 4.86. The molecule has 2 aromatic rings. The van der Waals surface area contributed by atoms with Crippen molar-refractivity contribution in [3.8, 4) is 0 Å². The van der Waals surface area contributed by atoms with E-state index in [1.54, 1.807) is 36.1 Å². The van der Waals surface area contributed by atoms with Crippen LogP contribution in [0, 0.1) is 0 Å². The van der Waals surface area contributed by atoms with Crippen LogP contribution in [-0.2, 0) is 13.5 Å². The lowest BCUT2D eigenvalue weighted by Gasteiger charge is -2.03. The Bertz CT molecular complexity index is 605. The number of carbonyl (C=O) groups excluding carboxylic acids is 1. The molecule has 0 unspecified atom stereocenters. The third-order valence-corrected chi connectivity index (χ3v) is 3.22. The number of nitrogens with zero attached hydrogens (tertiary/aromatic N) is 2. The SMILES string of the molecule is CCc1nn(C)cc1C(=O)c1cc(Cl)ccc1Cl. The van der Waals surface area contributed by atoms with Crippen LogP contribution in [0.2, 0.25) is 10.0 Å². The minimum Gasteiger partial charge on any atom is -0.288 e. The van der Waals surface area contributed by atoms with Gasteiger partial charge in [-0.3, -0.25) is 9.48 Å². The average molecular weight is 283 g/mol. The molecule has 94 valence electrons. The smallest absolute Gasteiger partial charge is 0.198 e. The standard InChI is InChI=1S/C13H12Cl2N2O/c1-3-12-10(7-17(2)16-12)13(18)9-6-8(14)4-5-11(9)15/h4-7H,3H2,1-2H3. The van der Waals surface area contributed by atoms with Crippen molar-refractivity contribution < 1.29 is 4.79 Å². The van der Waals surface area contributed by atoms with E-state index in [4.69, 9.17) is 23.2 Å². The quantitative estimate of drug-likeness (QED) is 0.808. The van der Waals surface area contributed by atoms with Crippen molar-refractivity contribution in [1.29, 1.82) is 0 Å². The summed E-state index contributed by atoms with van der Waals surface area (Å²) >= 11 is 11.9. The predicted molar refractivity (Wildman–Crippen MR) is 72.5 cm³/mol. The Hall–Kier alpha value is -1.32. The first-order valence-corrected chi connectivity index (χ1v) is 6.30. The van der Waals surface area contributed by atoms with Crippen molar-refractivity contribution in [3.63, 3.8) is 0 Å². The fourth-order valence-electron chi connectivity index (χ4n) is 1.80. The molecule has 0 saturated carbocycles. The molecule has 1 aromatic carbocycles. The van der Waals surface area contributed by atoms with Gasteiger partial charge in [-0.2, -0.15) is 5.10 Å². The second kappa shape index (κ2) is 5.12. The lowest BCUT2D eigenvalue weighted by atomic mass is 10.0. The third-order valence-electron chi connectivity index (χ3n) is 2.66. The average Bonchev–Trinajstić information content (AvgIpc) is 2.72. The monoisotopic (exact) mass is 282 g/mol. The minimum absolute atomic E-state index is 0.146. The number of aryl methyl sites for hydroxylation is 2. The largest absolute Gasteiger partial charge is 0.288 e. The summed E-state index contributed by atoms with van der Waals surface area (Å²) in [4.78, 5) is 12.4. The summed E-state index contributed by atoms with van der Waals surface area (Å²) in [7, 11) is 1.79. The van der Waals surface area contributed by atoms with E-state index in [2.05, 4.69) is 5.10 Å². The van der Waals surface area contributed by atoms with Gasteiger partial charge in [-0.1, -0.05) is 30.1 Å². The number of hydrogen-bond acceptors (Lipinski definition) is 2. The molecule has 0 fully saturated rings. The topological polar surface area (TPSA) is 34.9 Å². The number of ketones is 1. The van der Waals surface area contributed by atoms with Crippen LogP contribution in [0.15, 0.2) is 24.4 Å². The molecule has 2 rings (SSSR count). The zero-order valence-corrected chi connectivity index (χ0v) is 11.6. The van der Waals surface area contributed by atoms with Crippen LogP contribution in [0.3, 0.4) is 0 Å². The van der Waals surface area contributed by atoms with Crippen molar-refractivity contribution in [1.82, 2.24) is 9.78 Å². The van der Waals surface area contributed by atoms with Crippen molar-refractivity contribution in [2.75, 3.05) is 0 Å². The van der Waals surface area contributed by atoms with Gasteiger partial charge in [0.25, 0.3) is 0 Å². The lowest BCUT2D eigenvalue weighted by molar-refractivity contribution is 0.103. The molecular weight excluding hydrogens is 271 g/mol. The summed E-state index contributed by atoms with van der Waals surface area (Å²) in [5.74, 6) is -0.146. The van der Waals surface area contributed by atoms with Crippen molar-refractivity contribution >= 4 is 29.0 Å². The van der Waals surface area contributed by atoms with E-state index in [9.17, 15) is 4.79 Å². The minimum atomic E-state index is -0.146. The molecular formula is C13H12Cl2N2O. The van der Waals surface area contributed by atoms with Gasteiger partial charge in [0, 0.05) is 23.8 Å². The van der Waals surface area contributed by atoms with E-state index >= 15 is 0 Å². The van der Waals surface area contributed by atoms with E-state index in [0.29, 0.717) is 27.6 Å². The zero-order chi connectivity index (χ0) is 13.3. The van der Waals surface area contributed by atoms with Crippen LogP contribution >= 0.6 is 23.2 Å². The molecule has 0 atom stereocenters. The van der Waals surface area contributed by atoms with E-state index in [1.807, 2.05) is 6.92 Å². The molecule has 0 aliphatic heterocycles. The zero-order valence-electron chi connectivity index (χ0n) is 10.1. The summed E-state index contributed by atoms with van der Waals surface area (Å²) in [6.07, 6.45) is 2.40. The van der Waals surface area contributed by atoms with Crippen LogP contribution in [0.25, 0.3) is 0 Å². The highest BCUT2D eigenvalue weighted by atomic mass is 35.5. The molecule has 1 aromatic heterocycles. The number of hydrogen-bond donors (Lipinski definition) is 0. The first kappa shape index (κ1) is 13.1. The molecule has 5 heteroatoms. The molecule has 0 aliphatic rings. The number of halogens is 2. The van der Waals surface area contributed by atoms with Crippen molar-refractivity contribution in [3.05, 3.63) is 51.3 Å². The van der Waals surface area contributed by atoms with Gasteiger partial charge in [-0.25, -0.2) is 0 Å². The second-order valence-electron chi connectivity index (χ2n) is 3.97. The lowest BCUT2D eigenvalue weighted by Crippen LogP contribution is -2.04. The van der Waals surface area contributed by atoms with Crippen molar-refractivity contribution in [2.24, 2.45) is 7.05 Å². The number of rotatable bonds is 3. The van der Waals surface area contributed by atoms with E-state index in [1.165, 1.54) is 0 Å². The van der Waals surface area contributed by atoms with Crippen molar-refractivity contribution in [2.45, 2.75) is 13.3 Å². The van der Waals surface area contributed by atoms with Gasteiger partial charge >= 0.3 is 0 Å². The Balaban J connectivity index is 2.50. The molecule has 1 heterocycles. The molecule has 0 radical (unpaired) electrons. The third kappa shape index (κ3) is 2.42. The number of carbonyl (C=O) groups is 1. The molecule has 0 amide bonds. The summed E-state index contributed by atoms with van der Waals surface area (Å²) in [5.41, 5.74) is 1.74. The van der Waals surface area contributed by atoms with Gasteiger partial charge in [-0.15, -0.1) is 0 Å². The maximum Gasteiger partial charge on any atom is 0.198 e. The van der Waals surface area contributed by atoms with E-state index < -0.39 is 0 Å². The van der Waals surface area contributed by atoms with Gasteiger partial charge < -0.3 is 0 Å². The van der Waals surface area contributed by atoms with E-state index in [0.717, 1.165) is 5.69 Å². The van der Waals surface area contributed by atoms with Crippen LogP contribution in [0.1, 0.15) is 28.5 Å². The Morgan fingerprint density at radius 2 is 2.06 bits per heavy atom. The van der Waals surface area contributed by atoms with Gasteiger partial charge in [0.05, 0.1) is 16.3 Å². The maximum atomic E-state index is 12.4. The molecule has 0 N–H and O–H groups in total. The van der Waals surface area contributed by atoms with Gasteiger partial charge in [0.1, 0.15) is 0 Å². The molecule has 0 spiro atoms. The summed E-state index contributed by atoms with van der Waals surface area (Å²) in [5, 5.41) is 5.14.